The number of hydrogen-bond acceptors (Lipinski definition) is 5. The van der Waals surface area contributed by atoms with Gasteiger partial charge in [0.2, 0.25) is 0 Å². The van der Waals surface area contributed by atoms with E-state index in [4.69, 9.17) is 4.74 Å². The van der Waals surface area contributed by atoms with E-state index in [0.29, 0.717) is 18.7 Å². The first kappa shape index (κ1) is 17.7. The molecule has 0 aromatic heterocycles. The van der Waals surface area contributed by atoms with Gasteiger partial charge in [0.05, 0.1) is 18.2 Å². The lowest BCUT2D eigenvalue weighted by Gasteiger charge is -2.29. The van der Waals surface area contributed by atoms with Crippen LogP contribution in [-0.2, 0) is 22.6 Å². The largest absolute Gasteiger partial charge is 0.366 e. The van der Waals surface area contributed by atoms with Crippen LogP contribution in [0.2, 0.25) is 0 Å². The molecule has 1 amide bonds. The minimum atomic E-state index is -0.468. The molecule has 0 saturated carbocycles. The third-order valence-corrected chi connectivity index (χ3v) is 5.13. The van der Waals surface area contributed by atoms with E-state index in [1.807, 2.05) is 43.4 Å². The Balaban J connectivity index is 1.67. The summed E-state index contributed by atoms with van der Waals surface area (Å²) in [4.78, 5) is 14.7. The van der Waals surface area contributed by atoms with Crippen molar-refractivity contribution in [1.29, 1.82) is 5.26 Å². The Kier molecular flexibility index (Phi) is 4.90. The van der Waals surface area contributed by atoms with Gasteiger partial charge in [-0.15, -0.1) is 0 Å². The summed E-state index contributed by atoms with van der Waals surface area (Å²) < 4.78 is 5.62. The number of morpholine rings is 1. The van der Waals surface area contributed by atoms with Crippen LogP contribution in [0.4, 0.5) is 5.69 Å². The average Bonchev–Trinajstić information content (AvgIpc) is 3.16. The number of nitrogens with zero attached hydrogens (tertiary/aromatic N) is 2. The second-order valence-corrected chi connectivity index (χ2v) is 7.03. The van der Waals surface area contributed by atoms with Crippen LogP contribution in [0.3, 0.4) is 0 Å². The maximum atomic E-state index is 12.7. The number of hydrogen-bond donors (Lipinski definition) is 2. The molecule has 2 aliphatic rings. The molecule has 1 saturated heterocycles. The molecule has 1 atom stereocenters. The highest BCUT2D eigenvalue weighted by Crippen LogP contribution is 2.34. The molecule has 6 nitrogen and oxygen atoms in total. The zero-order valence-corrected chi connectivity index (χ0v) is 15.3. The molecule has 0 spiro atoms. The van der Waals surface area contributed by atoms with E-state index in [2.05, 4.69) is 21.6 Å². The number of rotatable bonds is 3. The van der Waals surface area contributed by atoms with Crippen LogP contribution in [0.25, 0.3) is 11.1 Å². The Labute approximate surface area is 158 Å². The molecule has 0 radical (unpaired) electrons. The summed E-state index contributed by atoms with van der Waals surface area (Å²) >= 11 is 0. The highest BCUT2D eigenvalue weighted by atomic mass is 16.5. The van der Waals surface area contributed by atoms with Crippen molar-refractivity contribution in [2.45, 2.75) is 19.2 Å². The predicted octanol–water partition coefficient (Wildman–Crippen LogP) is 2.10. The van der Waals surface area contributed by atoms with Gasteiger partial charge in [-0.25, -0.2) is 0 Å². The molecule has 2 aliphatic heterocycles. The van der Waals surface area contributed by atoms with Crippen molar-refractivity contribution >= 4 is 11.6 Å². The maximum absolute atomic E-state index is 12.7. The fraction of sp³-hybridized carbons (Fsp3) is 0.333. The Morgan fingerprint density at radius 2 is 2.15 bits per heavy atom. The maximum Gasteiger partial charge on any atom is 0.254 e. The van der Waals surface area contributed by atoms with Crippen LogP contribution in [0, 0.1) is 11.3 Å². The van der Waals surface area contributed by atoms with Gasteiger partial charge in [-0.3, -0.25) is 4.79 Å². The zero-order chi connectivity index (χ0) is 18.8. The Morgan fingerprint density at radius 1 is 1.30 bits per heavy atom. The number of carbonyl (C=O) groups excluding carboxylic acids is 1. The minimum Gasteiger partial charge on any atom is -0.366 e. The smallest absolute Gasteiger partial charge is 0.254 e. The second kappa shape index (κ2) is 7.49. The molecule has 27 heavy (non-hydrogen) atoms. The SMILES string of the molecule is CN1CCOC(C(=O)Nc2cc3c(c(-c4ccccc4C#N)c2)CNC3)C1. The van der Waals surface area contributed by atoms with Crippen LogP contribution >= 0.6 is 0 Å². The summed E-state index contributed by atoms with van der Waals surface area (Å²) in [7, 11) is 1.99. The van der Waals surface area contributed by atoms with Crippen molar-refractivity contribution < 1.29 is 9.53 Å². The van der Waals surface area contributed by atoms with Crippen molar-refractivity contribution in [2.24, 2.45) is 0 Å². The summed E-state index contributed by atoms with van der Waals surface area (Å²) in [5, 5.41) is 15.8. The molecule has 2 aromatic carbocycles. The van der Waals surface area contributed by atoms with Gasteiger partial charge >= 0.3 is 0 Å². The highest BCUT2D eigenvalue weighted by molar-refractivity contribution is 5.95. The van der Waals surface area contributed by atoms with Crippen molar-refractivity contribution in [3.63, 3.8) is 0 Å². The minimum absolute atomic E-state index is 0.132. The van der Waals surface area contributed by atoms with Crippen molar-refractivity contribution in [3.8, 4) is 17.2 Å². The summed E-state index contributed by atoms with van der Waals surface area (Å²) in [6, 6.07) is 13.8. The lowest BCUT2D eigenvalue weighted by Crippen LogP contribution is -2.46. The molecule has 4 rings (SSSR count). The van der Waals surface area contributed by atoms with Crippen LogP contribution in [0.15, 0.2) is 36.4 Å². The van der Waals surface area contributed by atoms with E-state index in [0.717, 1.165) is 42.0 Å². The zero-order valence-electron chi connectivity index (χ0n) is 15.3. The van der Waals surface area contributed by atoms with Gasteiger partial charge in [0.15, 0.2) is 0 Å². The van der Waals surface area contributed by atoms with Gasteiger partial charge in [0, 0.05) is 31.9 Å². The quantitative estimate of drug-likeness (QED) is 0.874. The van der Waals surface area contributed by atoms with Crippen LogP contribution in [0.5, 0.6) is 0 Å². The first-order chi connectivity index (χ1) is 13.2. The van der Waals surface area contributed by atoms with Crippen LogP contribution in [-0.4, -0.2) is 43.7 Å². The van der Waals surface area contributed by atoms with Crippen molar-refractivity contribution in [3.05, 3.63) is 53.1 Å². The van der Waals surface area contributed by atoms with Gasteiger partial charge in [-0.05, 0) is 47.5 Å². The van der Waals surface area contributed by atoms with Gasteiger partial charge in [0.25, 0.3) is 5.91 Å². The normalized spacial score (nSPS) is 19.3. The third kappa shape index (κ3) is 3.58. The lowest BCUT2D eigenvalue weighted by atomic mass is 9.93. The van der Waals surface area contributed by atoms with Crippen molar-refractivity contribution in [2.75, 3.05) is 32.1 Å². The fourth-order valence-electron chi connectivity index (χ4n) is 3.71. The Morgan fingerprint density at radius 3 is 2.96 bits per heavy atom. The number of amides is 1. The monoisotopic (exact) mass is 362 g/mol. The predicted molar refractivity (Wildman–Crippen MR) is 103 cm³/mol. The molecule has 2 aromatic rings. The number of nitrogens with one attached hydrogen (secondary N) is 2. The number of anilines is 1. The molecular weight excluding hydrogens is 340 g/mol. The molecule has 2 heterocycles. The van der Waals surface area contributed by atoms with E-state index in [1.165, 1.54) is 5.56 Å². The van der Waals surface area contributed by atoms with E-state index in [-0.39, 0.29) is 5.91 Å². The van der Waals surface area contributed by atoms with Gasteiger partial charge in [-0.1, -0.05) is 18.2 Å². The van der Waals surface area contributed by atoms with Crippen LogP contribution < -0.4 is 10.6 Å². The molecule has 1 fully saturated rings. The first-order valence-electron chi connectivity index (χ1n) is 9.12. The molecule has 6 heteroatoms. The second-order valence-electron chi connectivity index (χ2n) is 7.03. The van der Waals surface area contributed by atoms with E-state index < -0.39 is 6.10 Å². The molecule has 1 unspecified atom stereocenters. The number of benzene rings is 2. The van der Waals surface area contributed by atoms with Gasteiger partial charge in [-0.2, -0.15) is 5.26 Å². The number of carbonyl (C=O) groups is 1. The molecule has 0 bridgehead atoms. The van der Waals surface area contributed by atoms with E-state index in [9.17, 15) is 10.1 Å². The number of ether oxygens (including phenoxy) is 1. The number of fused-ring (bicyclic) bond motifs is 1. The average molecular weight is 362 g/mol. The number of nitriles is 1. The Hall–Kier alpha value is -2.72. The summed E-state index contributed by atoms with van der Waals surface area (Å²) in [5.74, 6) is -0.132. The standard InChI is InChI=1S/C21H22N4O2/c1-25-6-7-27-20(13-25)21(26)24-16-8-15-11-23-12-19(15)18(9-16)17-5-3-2-4-14(17)10-22/h2-5,8-9,20,23H,6-7,11-13H2,1H3,(H,24,26). The van der Waals surface area contributed by atoms with Crippen LogP contribution in [0.1, 0.15) is 16.7 Å². The van der Waals surface area contributed by atoms with E-state index >= 15 is 0 Å². The summed E-state index contributed by atoms with van der Waals surface area (Å²) in [5.41, 5.74) is 5.59. The molecule has 2 N–H and O–H groups in total. The molecule has 138 valence electrons. The molecular formula is C21H22N4O2. The first-order valence-corrected chi connectivity index (χ1v) is 9.12. The molecule has 0 aliphatic carbocycles. The van der Waals surface area contributed by atoms with Gasteiger partial charge in [0.1, 0.15) is 6.10 Å². The topological polar surface area (TPSA) is 77.4 Å². The highest BCUT2D eigenvalue weighted by Gasteiger charge is 2.26. The van der Waals surface area contributed by atoms with Gasteiger partial charge < -0.3 is 20.3 Å². The lowest BCUT2D eigenvalue weighted by molar-refractivity contribution is -0.132. The summed E-state index contributed by atoms with van der Waals surface area (Å²) in [6.45, 7) is 3.49. The van der Waals surface area contributed by atoms with E-state index in [1.54, 1.807) is 0 Å². The van der Waals surface area contributed by atoms with Crippen molar-refractivity contribution in [1.82, 2.24) is 10.2 Å². The third-order valence-electron chi connectivity index (χ3n) is 5.13. The Bertz CT molecular complexity index is 919. The summed E-state index contributed by atoms with van der Waals surface area (Å²) in [6.07, 6.45) is -0.468. The number of likely N-dealkylation sites (N-methyl/N-ethyl adjacent to an activating group) is 1. The fourth-order valence-corrected chi connectivity index (χ4v) is 3.71.